The van der Waals surface area contributed by atoms with Crippen molar-refractivity contribution in [1.82, 2.24) is 9.88 Å². The molecule has 1 aliphatic carbocycles. The molecule has 23 heavy (non-hydrogen) atoms. The van der Waals surface area contributed by atoms with Gasteiger partial charge in [-0.05, 0) is 36.6 Å². The van der Waals surface area contributed by atoms with E-state index in [1.807, 2.05) is 30.5 Å². The second-order valence-electron chi connectivity index (χ2n) is 6.24. The highest BCUT2D eigenvalue weighted by atomic mass is 16.5. The van der Waals surface area contributed by atoms with Crippen LogP contribution in [0.4, 0.5) is 0 Å². The van der Waals surface area contributed by atoms with Crippen LogP contribution in [0.2, 0.25) is 0 Å². The molecule has 1 aliphatic heterocycles. The van der Waals surface area contributed by atoms with Crippen LogP contribution in [0.1, 0.15) is 24.2 Å². The lowest BCUT2D eigenvalue weighted by Gasteiger charge is -2.38. The van der Waals surface area contributed by atoms with E-state index in [-0.39, 0.29) is 12.2 Å². The lowest BCUT2D eigenvalue weighted by atomic mass is 10.1. The van der Waals surface area contributed by atoms with Crippen LogP contribution in [-0.4, -0.2) is 41.3 Å². The highest BCUT2D eigenvalue weighted by molar-refractivity contribution is 5.07. The molecule has 5 nitrogen and oxygen atoms in total. The zero-order chi connectivity index (χ0) is 15.5. The smallest absolute Gasteiger partial charge is 0.117 e. The molecule has 0 bridgehead atoms. The van der Waals surface area contributed by atoms with Gasteiger partial charge in [0.2, 0.25) is 0 Å². The first-order chi connectivity index (χ1) is 11.4. The summed E-state index contributed by atoms with van der Waals surface area (Å²) in [5.74, 6) is 1.02. The Hall–Kier alpha value is -1.69. The van der Waals surface area contributed by atoms with Gasteiger partial charge >= 0.3 is 0 Å². The molecule has 0 amide bonds. The molecule has 3 atom stereocenters. The van der Waals surface area contributed by atoms with Crippen molar-refractivity contribution in [3.8, 4) is 0 Å². The summed E-state index contributed by atoms with van der Waals surface area (Å²) in [6, 6.07) is 8.40. The summed E-state index contributed by atoms with van der Waals surface area (Å²) >= 11 is 0. The van der Waals surface area contributed by atoms with Crippen LogP contribution in [0, 0.1) is 0 Å². The molecule has 1 saturated carbocycles. The molecule has 2 aromatic heterocycles. The Labute approximate surface area is 136 Å². The van der Waals surface area contributed by atoms with Crippen molar-refractivity contribution < 1.29 is 13.9 Å². The fourth-order valence-electron chi connectivity index (χ4n) is 3.66. The third-order valence-corrected chi connectivity index (χ3v) is 4.78. The van der Waals surface area contributed by atoms with Crippen LogP contribution in [0.3, 0.4) is 0 Å². The van der Waals surface area contributed by atoms with Crippen molar-refractivity contribution in [1.29, 1.82) is 0 Å². The van der Waals surface area contributed by atoms with E-state index in [2.05, 4.69) is 9.88 Å². The fraction of sp³-hybridized carbons (Fsp3) is 0.500. The van der Waals surface area contributed by atoms with Crippen LogP contribution in [-0.2, 0) is 22.6 Å². The van der Waals surface area contributed by atoms with Gasteiger partial charge in [-0.25, -0.2) is 0 Å². The molecule has 2 fully saturated rings. The summed E-state index contributed by atoms with van der Waals surface area (Å²) in [5.41, 5.74) is 1.11. The highest BCUT2D eigenvalue weighted by Gasteiger charge is 2.43. The number of hydrogen-bond donors (Lipinski definition) is 0. The average molecular weight is 314 g/mol. The minimum Gasteiger partial charge on any atom is -0.468 e. The SMILES string of the molecule is c1cncc(CO[C@H]2CC[C@H]3[C@H]2OCCN3Cc2ccco2)c1. The summed E-state index contributed by atoms with van der Waals surface area (Å²) in [4.78, 5) is 6.61. The summed E-state index contributed by atoms with van der Waals surface area (Å²) in [5, 5.41) is 0. The van der Waals surface area contributed by atoms with Gasteiger partial charge in [0.05, 0.1) is 38.2 Å². The fourth-order valence-corrected chi connectivity index (χ4v) is 3.66. The summed E-state index contributed by atoms with van der Waals surface area (Å²) in [6.45, 7) is 3.17. The number of furan rings is 1. The van der Waals surface area contributed by atoms with E-state index in [9.17, 15) is 0 Å². The van der Waals surface area contributed by atoms with E-state index >= 15 is 0 Å². The molecule has 0 unspecified atom stereocenters. The largest absolute Gasteiger partial charge is 0.468 e. The van der Waals surface area contributed by atoms with Crippen LogP contribution >= 0.6 is 0 Å². The van der Waals surface area contributed by atoms with Crippen LogP contribution in [0.15, 0.2) is 47.3 Å². The van der Waals surface area contributed by atoms with Gasteiger partial charge in [-0.1, -0.05) is 6.07 Å². The van der Waals surface area contributed by atoms with Gasteiger partial charge < -0.3 is 13.9 Å². The molecule has 4 rings (SSSR count). The standard InChI is InChI=1S/C18H22N2O3/c1-3-14(11-19-7-1)13-23-17-6-5-16-18(17)22-10-8-20(16)12-15-4-2-9-21-15/h1-4,7,9,11,16-18H,5-6,8,10,12-13H2/t16-,17-,18+/m0/s1. The van der Waals surface area contributed by atoms with Crippen LogP contribution in [0.25, 0.3) is 0 Å². The monoisotopic (exact) mass is 314 g/mol. The zero-order valence-corrected chi connectivity index (χ0v) is 13.1. The molecular weight excluding hydrogens is 292 g/mol. The zero-order valence-electron chi connectivity index (χ0n) is 13.1. The van der Waals surface area contributed by atoms with Crippen molar-refractivity contribution >= 4 is 0 Å². The first kappa shape index (κ1) is 14.9. The summed E-state index contributed by atoms with van der Waals surface area (Å²) in [6.07, 6.45) is 7.87. The normalized spacial score (nSPS) is 27.9. The predicted octanol–water partition coefficient (Wildman–Crippen LogP) is 2.62. The number of hydrogen-bond acceptors (Lipinski definition) is 5. The molecule has 0 radical (unpaired) electrons. The minimum atomic E-state index is 0.162. The summed E-state index contributed by atoms with van der Waals surface area (Å²) < 4.78 is 17.7. The number of morpholine rings is 1. The van der Waals surface area contributed by atoms with Crippen molar-refractivity contribution in [3.05, 3.63) is 54.2 Å². The molecule has 1 saturated heterocycles. The maximum absolute atomic E-state index is 6.13. The Morgan fingerprint density at radius 3 is 3.09 bits per heavy atom. The van der Waals surface area contributed by atoms with E-state index in [0.717, 1.165) is 43.9 Å². The van der Waals surface area contributed by atoms with Crippen molar-refractivity contribution in [2.75, 3.05) is 13.2 Å². The number of rotatable bonds is 5. The number of pyridine rings is 1. The Bertz CT molecular complexity index is 602. The number of aromatic nitrogens is 1. The maximum atomic E-state index is 6.13. The van der Waals surface area contributed by atoms with E-state index in [4.69, 9.17) is 13.9 Å². The number of ether oxygens (including phenoxy) is 2. The maximum Gasteiger partial charge on any atom is 0.117 e. The molecule has 2 aromatic rings. The van der Waals surface area contributed by atoms with E-state index in [1.54, 1.807) is 12.5 Å². The van der Waals surface area contributed by atoms with Crippen LogP contribution < -0.4 is 0 Å². The second kappa shape index (κ2) is 6.83. The predicted molar refractivity (Wildman–Crippen MR) is 84.7 cm³/mol. The quantitative estimate of drug-likeness (QED) is 0.849. The molecule has 0 spiro atoms. The third kappa shape index (κ3) is 3.32. The van der Waals surface area contributed by atoms with Crippen molar-refractivity contribution in [3.63, 3.8) is 0 Å². The van der Waals surface area contributed by atoms with E-state index < -0.39 is 0 Å². The second-order valence-corrected chi connectivity index (χ2v) is 6.24. The molecule has 122 valence electrons. The van der Waals surface area contributed by atoms with Gasteiger partial charge in [-0.2, -0.15) is 0 Å². The van der Waals surface area contributed by atoms with Gasteiger partial charge in [0, 0.05) is 25.0 Å². The Morgan fingerprint density at radius 1 is 1.26 bits per heavy atom. The van der Waals surface area contributed by atoms with E-state index in [1.165, 1.54) is 0 Å². The van der Waals surface area contributed by atoms with Crippen molar-refractivity contribution in [2.24, 2.45) is 0 Å². The first-order valence-corrected chi connectivity index (χ1v) is 8.29. The van der Waals surface area contributed by atoms with Gasteiger partial charge in [-0.3, -0.25) is 9.88 Å². The Balaban J connectivity index is 1.37. The van der Waals surface area contributed by atoms with Gasteiger partial charge in [0.25, 0.3) is 0 Å². The number of nitrogens with zero attached hydrogens (tertiary/aromatic N) is 2. The lowest BCUT2D eigenvalue weighted by Crippen LogP contribution is -2.51. The van der Waals surface area contributed by atoms with E-state index in [0.29, 0.717) is 12.6 Å². The first-order valence-electron chi connectivity index (χ1n) is 8.29. The highest BCUT2D eigenvalue weighted by Crippen LogP contribution is 2.33. The van der Waals surface area contributed by atoms with Gasteiger partial charge in [0.15, 0.2) is 0 Å². The topological polar surface area (TPSA) is 47.7 Å². The average Bonchev–Trinajstić information content (AvgIpc) is 3.24. The molecule has 0 N–H and O–H groups in total. The van der Waals surface area contributed by atoms with Crippen molar-refractivity contribution in [2.45, 2.75) is 44.2 Å². The van der Waals surface area contributed by atoms with Gasteiger partial charge in [0.1, 0.15) is 5.76 Å². The van der Waals surface area contributed by atoms with Gasteiger partial charge in [-0.15, -0.1) is 0 Å². The summed E-state index contributed by atoms with van der Waals surface area (Å²) in [7, 11) is 0. The molecular formula is C18H22N2O3. The Kier molecular flexibility index (Phi) is 4.41. The molecule has 0 aromatic carbocycles. The molecule has 3 heterocycles. The van der Waals surface area contributed by atoms with Crippen LogP contribution in [0.5, 0.6) is 0 Å². The lowest BCUT2D eigenvalue weighted by molar-refractivity contribution is -0.119. The minimum absolute atomic E-state index is 0.162. The number of fused-ring (bicyclic) bond motifs is 1. The Morgan fingerprint density at radius 2 is 2.26 bits per heavy atom. The third-order valence-electron chi connectivity index (χ3n) is 4.78. The molecule has 2 aliphatic rings. The molecule has 5 heteroatoms.